The number of nitrogens with zero attached hydrogens (tertiary/aromatic N) is 3. The first-order valence-corrected chi connectivity index (χ1v) is 11.2. The lowest BCUT2D eigenvalue weighted by atomic mass is 10.2. The van der Waals surface area contributed by atoms with Crippen molar-refractivity contribution in [3.05, 3.63) is 65.7 Å². The zero-order valence-electron chi connectivity index (χ0n) is 16.7. The summed E-state index contributed by atoms with van der Waals surface area (Å²) in [5.41, 5.74) is 0.710. The fourth-order valence-electron chi connectivity index (χ4n) is 3.54. The number of carbonyl (C=O) groups is 1. The smallest absolute Gasteiger partial charge is 0.259 e. The van der Waals surface area contributed by atoms with Crippen LogP contribution in [0.3, 0.4) is 0 Å². The molecule has 2 aromatic carbocycles. The number of nitrogens with one attached hydrogen (secondary N) is 1. The summed E-state index contributed by atoms with van der Waals surface area (Å²) in [7, 11) is -3.71. The molecule has 10 heteroatoms. The lowest BCUT2D eigenvalue weighted by molar-refractivity contribution is 0.102. The van der Waals surface area contributed by atoms with Crippen LogP contribution in [0, 0.1) is 12.7 Å². The summed E-state index contributed by atoms with van der Waals surface area (Å²) in [6, 6.07) is 9.81. The van der Waals surface area contributed by atoms with Gasteiger partial charge in [-0.3, -0.25) is 4.79 Å². The van der Waals surface area contributed by atoms with E-state index in [4.69, 9.17) is 0 Å². The number of aromatic hydroxyl groups is 1. The molecule has 0 spiro atoms. The van der Waals surface area contributed by atoms with Gasteiger partial charge in [-0.15, -0.1) is 0 Å². The molecule has 8 nitrogen and oxygen atoms in total. The van der Waals surface area contributed by atoms with Crippen LogP contribution in [0.1, 0.15) is 28.9 Å². The normalized spacial score (nSPS) is 14.6. The molecule has 2 N–H and O–H groups in total. The maximum atomic E-state index is 14.1. The fourth-order valence-corrected chi connectivity index (χ4v) is 5.09. The Hall–Kier alpha value is -3.24. The third-order valence-corrected chi connectivity index (χ3v) is 7.15. The molecule has 4 rings (SSSR count). The number of hydrogen-bond acceptors (Lipinski definition) is 5. The van der Waals surface area contributed by atoms with Gasteiger partial charge in [-0.25, -0.2) is 17.5 Å². The van der Waals surface area contributed by atoms with Gasteiger partial charge in [0, 0.05) is 13.1 Å². The molecule has 0 atom stereocenters. The van der Waals surface area contributed by atoms with E-state index in [2.05, 4.69) is 10.4 Å². The van der Waals surface area contributed by atoms with Crippen molar-refractivity contribution >= 4 is 21.6 Å². The van der Waals surface area contributed by atoms with Crippen LogP contribution in [0.2, 0.25) is 0 Å². The van der Waals surface area contributed by atoms with Crippen molar-refractivity contribution in [3.63, 3.8) is 0 Å². The Kier molecular flexibility index (Phi) is 5.50. The maximum Gasteiger partial charge on any atom is 0.259 e. The van der Waals surface area contributed by atoms with Crippen LogP contribution in [0.5, 0.6) is 5.75 Å². The predicted octanol–water partition coefficient (Wildman–Crippen LogP) is 3.06. The first-order valence-electron chi connectivity index (χ1n) is 9.73. The first-order chi connectivity index (χ1) is 14.8. The summed E-state index contributed by atoms with van der Waals surface area (Å²) in [5, 5.41) is 16.8. The zero-order valence-corrected chi connectivity index (χ0v) is 17.6. The Morgan fingerprint density at radius 1 is 1.16 bits per heavy atom. The van der Waals surface area contributed by atoms with Crippen LogP contribution >= 0.6 is 0 Å². The molecule has 1 aliphatic rings. The Labute approximate surface area is 179 Å². The zero-order chi connectivity index (χ0) is 22.2. The topological polar surface area (TPSA) is 105 Å². The number of amides is 1. The summed E-state index contributed by atoms with van der Waals surface area (Å²) in [5.74, 6) is -1.36. The molecule has 1 fully saturated rings. The highest BCUT2D eigenvalue weighted by Gasteiger charge is 2.28. The van der Waals surface area contributed by atoms with E-state index in [0.29, 0.717) is 18.8 Å². The van der Waals surface area contributed by atoms with Crippen molar-refractivity contribution in [2.24, 2.45) is 0 Å². The lowest BCUT2D eigenvalue weighted by Crippen LogP contribution is -2.28. The molecular weight excluding hydrogens is 423 g/mol. The number of aromatic nitrogens is 2. The van der Waals surface area contributed by atoms with Gasteiger partial charge in [0.05, 0.1) is 28.0 Å². The minimum absolute atomic E-state index is 0.0127. The number of phenolic OH excluding ortho intramolecular Hbond substituents is 1. The SMILES string of the molecule is Cc1c(C(=O)Nc2cc(S(=O)(=O)N3CCCC3)ccc2O)cnn1-c1ccccc1F. The molecule has 1 aliphatic heterocycles. The van der Waals surface area contributed by atoms with Gasteiger partial charge in [0.25, 0.3) is 5.91 Å². The number of anilines is 1. The highest BCUT2D eigenvalue weighted by molar-refractivity contribution is 7.89. The molecule has 1 amide bonds. The van der Waals surface area contributed by atoms with Gasteiger partial charge in [-0.2, -0.15) is 9.40 Å². The maximum absolute atomic E-state index is 14.1. The lowest BCUT2D eigenvalue weighted by Gasteiger charge is -2.16. The predicted molar refractivity (Wildman–Crippen MR) is 112 cm³/mol. The van der Waals surface area contributed by atoms with Crippen LogP contribution in [-0.4, -0.2) is 46.6 Å². The highest BCUT2D eigenvalue weighted by Crippen LogP contribution is 2.30. The molecule has 0 aliphatic carbocycles. The largest absolute Gasteiger partial charge is 0.506 e. The quantitative estimate of drug-likeness (QED) is 0.589. The van der Waals surface area contributed by atoms with Gasteiger partial charge in [-0.1, -0.05) is 12.1 Å². The Balaban J connectivity index is 1.62. The molecule has 162 valence electrons. The van der Waals surface area contributed by atoms with Crippen molar-refractivity contribution in [2.75, 3.05) is 18.4 Å². The van der Waals surface area contributed by atoms with Crippen molar-refractivity contribution in [3.8, 4) is 11.4 Å². The van der Waals surface area contributed by atoms with E-state index in [1.807, 2.05) is 0 Å². The van der Waals surface area contributed by atoms with Crippen LogP contribution in [-0.2, 0) is 10.0 Å². The Morgan fingerprint density at radius 3 is 2.58 bits per heavy atom. The van der Waals surface area contributed by atoms with E-state index in [0.717, 1.165) is 12.8 Å². The highest BCUT2D eigenvalue weighted by atomic mass is 32.2. The van der Waals surface area contributed by atoms with Crippen molar-refractivity contribution < 1.29 is 22.7 Å². The van der Waals surface area contributed by atoms with Crippen molar-refractivity contribution in [1.82, 2.24) is 14.1 Å². The van der Waals surface area contributed by atoms with E-state index in [-0.39, 0.29) is 27.6 Å². The molecular formula is C21H21FN4O4S. The summed E-state index contributed by atoms with van der Waals surface area (Å²) < 4.78 is 42.3. The van der Waals surface area contributed by atoms with Crippen LogP contribution in [0.15, 0.2) is 53.6 Å². The molecule has 31 heavy (non-hydrogen) atoms. The van der Waals surface area contributed by atoms with Crippen LogP contribution in [0.4, 0.5) is 10.1 Å². The molecule has 1 saturated heterocycles. The summed E-state index contributed by atoms with van der Waals surface area (Å²) in [6.45, 7) is 2.50. The third-order valence-electron chi connectivity index (χ3n) is 5.25. The van der Waals surface area contributed by atoms with Gasteiger partial charge in [-0.05, 0) is 50.1 Å². The summed E-state index contributed by atoms with van der Waals surface area (Å²) in [6.07, 6.45) is 2.89. The van der Waals surface area contributed by atoms with Crippen molar-refractivity contribution in [1.29, 1.82) is 0 Å². The standard InChI is InChI=1S/C21H21FN4O4S/c1-14-16(13-23-26(14)19-7-3-2-6-17(19)22)21(28)24-18-12-15(8-9-20(18)27)31(29,30)25-10-4-5-11-25/h2-3,6-9,12-13,27H,4-5,10-11H2,1H3,(H,24,28). The number of para-hydroxylation sites is 1. The van der Waals surface area contributed by atoms with E-state index < -0.39 is 21.7 Å². The average Bonchev–Trinajstić information content (AvgIpc) is 3.40. The molecule has 0 unspecified atom stereocenters. The van der Waals surface area contributed by atoms with E-state index >= 15 is 0 Å². The summed E-state index contributed by atoms with van der Waals surface area (Å²) >= 11 is 0. The second kappa shape index (κ2) is 8.12. The number of carbonyl (C=O) groups excluding carboxylic acids is 1. The van der Waals surface area contributed by atoms with Crippen molar-refractivity contribution in [2.45, 2.75) is 24.7 Å². The molecule has 2 heterocycles. The van der Waals surface area contributed by atoms with E-state index in [1.54, 1.807) is 19.1 Å². The molecule has 3 aromatic rings. The summed E-state index contributed by atoms with van der Waals surface area (Å²) in [4.78, 5) is 12.8. The van der Waals surface area contributed by atoms with Crippen LogP contribution < -0.4 is 5.32 Å². The molecule has 1 aromatic heterocycles. The first kappa shape index (κ1) is 21.0. The Bertz CT molecular complexity index is 1250. The second-order valence-corrected chi connectivity index (χ2v) is 9.19. The average molecular weight is 444 g/mol. The number of benzene rings is 2. The third kappa shape index (κ3) is 3.91. The van der Waals surface area contributed by atoms with E-state index in [9.17, 15) is 22.7 Å². The minimum Gasteiger partial charge on any atom is -0.506 e. The minimum atomic E-state index is -3.71. The second-order valence-electron chi connectivity index (χ2n) is 7.25. The van der Waals surface area contributed by atoms with Gasteiger partial charge < -0.3 is 10.4 Å². The molecule has 0 saturated carbocycles. The number of halogens is 1. The fraction of sp³-hybridized carbons (Fsp3) is 0.238. The number of rotatable bonds is 5. The van der Waals surface area contributed by atoms with E-state index in [1.165, 1.54) is 45.5 Å². The van der Waals surface area contributed by atoms with Gasteiger partial charge in [0.1, 0.15) is 17.3 Å². The number of phenols is 1. The molecule has 0 bridgehead atoms. The number of sulfonamides is 1. The van der Waals surface area contributed by atoms with Gasteiger partial charge in [0.2, 0.25) is 10.0 Å². The number of hydrogen-bond donors (Lipinski definition) is 2. The monoisotopic (exact) mass is 444 g/mol. The Morgan fingerprint density at radius 2 is 1.87 bits per heavy atom. The molecule has 0 radical (unpaired) electrons. The van der Waals surface area contributed by atoms with Gasteiger partial charge in [0.15, 0.2) is 0 Å². The van der Waals surface area contributed by atoms with Crippen LogP contribution in [0.25, 0.3) is 5.69 Å². The van der Waals surface area contributed by atoms with Gasteiger partial charge >= 0.3 is 0 Å².